The molecule has 4 nitrogen and oxygen atoms in total. The lowest BCUT2D eigenvalue weighted by molar-refractivity contribution is -0.140. The first-order chi connectivity index (χ1) is 9.60. The van der Waals surface area contributed by atoms with Gasteiger partial charge in [0.05, 0.1) is 41.4 Å². The first-order valence-corrected chi connectivity index (χ1v) is 8.32. The number of hydrogen-bond acceptors (Lipinski definition) is 4. The molecule has 1 aromatic rings. The molecule has 0 bridgehead atoms. The van der Waals surface area contributed by atoms with Crippen LogP contribution in [-0.2, 0) is 20.8 Å². The van der Waals surface area contributed by atoms with E-state index in [1.165, 1.54) is 0 Å². The Morgan fingerprint density at radius 1 is 1.33 bits per heavy atom. The molecule has 2 rings (SSSR count). The maximum atomic E-state index is 13.0. The zero-order chi connectivity index (χ0) is 15.9. The van der Waals surface area contributed by atoms with Gasteiger partial charge in [-0.05, 0) is 18.2 Å². The molecule has 21 heavy (non-hydrogen) atoms. The molecular formula is C12H12BrF3O4S. The topological polar surface area (TPSA) is 63.6 Å². The second kappa shape index (κ2) is 5.53. The maximum Gasteiger partial charge on any atom is 0.417 e. The normalized spacial score (nSPS) is 18.3. The zero-order valence-corrected chi connectivity index (χ0v) is 13.1. The number of benzene rings is 1. The highest BCUT2D eigenvalue weighted by Gasteiger charge is 2.45. The summed E-state index contributed by atoms with van der Waals surface area (Å²) in [6.07, 6.45) is -4.77. The van der Waals surface area contributed by atoms with Gasteiger partial charge in [-0.25, -0.2) is 8.42 Å². The van der Waals surface area contributed by atoms with Gasteiger partial charge in [-0.3, -0.25) is 0 Å². The molecule has 0 amide bonds. The van der Waals surface area contributed by atoms with Gasteiger partial charge in [0.1, 0.15) is 0 Å². The Labute approximate surface area is 128 Å². The summed E-state index contributed by atoms with van der Waals surface area (Å²) in [4.78, 5) is -0.788. The van der Waals surface area contributed by atoms with Crippen LogP contribution in [0.5, 0.6) is 0 Å². The monoisotopic (exact) mass is 388 g/mol. The van der Waals surface area contributed by atoms with E-state index in [0.29, 0.717) is 0 Å². The maximum absolute atomic E-state index is 13.0. The van der Waals surface area contributed by atoms with Crippen molar-refractivity contribution >= 4 is 25.8 Å². The average Bonchev–Trinajstić information content (AvgIpc) is 2.32. The van der Waals surface area contributed by atoms with Crippen LogP contribution in [0, 0.1) is 5.41 Å². The van der Waals surface area contributed by atoms with Crippen molar-refractivity contribution < 1.29 is 31.4 Å². The van der Waals surface area contributed by atoms with E-state index in [2.05, 4.69) is 15.9 Å². The zero-order valence-electron chi connectivity index (χ0n) is 10.7. The third kappa shape index (κ3) is 3.41. The predicted octanol–water partition coefficient (Wildman–Crippen LogP) is 2.25. The van der Waals surface area contributed by atoms with Gasteiger partial charge in [0.15, 0.2) is 9.84 Å². The fraction of sp³-hybridized carbons (Fsp3) is 0.500. The van der Waals surface area contributed by atoms with E-state index < -0.39 is 44.2 Å². The SMILES string of the molecule is O=S(=O)(CC1(CO)COC1)c1cc(Br)ccc1C(F)(F)F. The number of rotatable bonds is 4. The number of halogens is 4. The van der Waals surface area contributed by atoms with Crippen molar-refractivity contribution in [2.45, 2.75) is 11.1 Å². The first-order valence-electron chi connectivity index (χ1n) is 5.88. The van der Waals surface area contributed by atoms with Crippen LogP contribution in [0.3, 0.4) is 0 Å². The van der Waals surface area contributed by atoms with Gasteiger partial charge in [-0.1, -0.05) is 15.9 Å². The van der Waals surface area contributed by atoms with E-state index in [1.54, 1.807) is 0 Å². The van der Waals surface area contributed by atoms with Gasteiger partial charge in [0, 0.05) is 4.47 Å². The summed E-state index contributed by atoms with van der Waals surface area (Å²) in [6.45, 7) is -0.433. The molecule has 1 N–H and O–H groups in total. The molecular weight excluding hydrogens is 377 g/mol. The van der Waals surface area contributed by atoms with Crippen molar-refractivity contribution in [3.05, 3.63) is 28.2 Å². The molecule has 9 heteroatoms. The van der Waals surface area contributed by atoms with Crippen molar-refractivity contribution in [3.8, 4) is 0 Å². The third-order valence-electron chi connectivity index (χ3n) is 3.23. The largest absolute Gasteiger partial charge is 0.417 e. The fourth-order valence-electron chi connectivity index (χ4n) is 2.08. The molecule has 1 heterocycles. The third-order valence-corrected chi connectivity index (χ3v) is 5.73. The molecule has 0 radical (unpaired) electrons. The Balaban J connectivity index is 2.47. The first kappa shape index (κ1) is 16.7. The number of ether oxygens (including phenoxy) is 1. The van der Waals surface area contributed by atoms with Crippen LogP contribution in [0.25, 0.3) is 0 Å². The van der Waals surface area contributed by atoms with E-state index in [1.807, 2.05) is 0 Å². The molecule has 0 atom stereocenters. The van der Waals surface area contributed by atoms with Crippen LogP contribution < -0.4 is 0 Å². The van der Waals surface area contributed by atoms with Crippen LogP contribution in [0.15, 0.2) is 27.6 Å². The molecule has 0 aromatic heterocycles. The quantitative estimate of drug-likeness (QED) is 0.858. The summed E-state index contributed by atoms with van der Waals surface area (Å²) >= 11 is 2.98. The second-order valence-corrected chi connectivity index (χ2v) is 7.92. The van der Waals surface area contributed by atoms with Gasteiger partial charge < -0.3 is 9.84 Å². The lowest BCUT2D eigenvalue weighted by atomic mass is 9.90. The molecule has 1 aliphatic heterocycles. The highest BCUT2D eigenvalue weighted by Crippen LogP contribution is 2.38. The summed E-state index contributed by atoms with van der Waals surface area (Å²) in [6, 6.07) is 2.79. The number of aliphatic hydroxyl groups is 1. The summed E-state index contributed by atoms with van der Waals surface area (Å²) in [5.41, 5.74) is -2.23. The summed E-state index contributed by atoms with van der Waals surface area (Å²) in [7, 11) is -4.22. The average molecular weight is 389 g/mol. The number of hydrogen-bond donors (Lipinski definition) is 1. The predicted molar refractivity (Wildman–Crippen MR) is 71.5 cm³/mol. The smallest absolute Gasteiger partial charge is 0.396 e. The van der Waals surface area contributed by atoms with Crippen LogP contribution in [0.4, 0.5) is 13.2 Å². The summed E-state index contributed by atoms with van der Waals surface area (Å²) in [5.74, 6) is -0.587. The molecule has 1 aromatic carbocycles. The van der Waals surface area contributed by atoms with Crippen molar-refractivity contribution in [3.63, 3.8) is 0 Å². The van der Waals surface area contributed by atoms with Crippen molar-refractivity contribution in [2.75, 3.05) is 25.6 Å². The van der Waals surface area contributed by atoms with E-state index in [0.717, 1.165) is 18.2 Å². The molecule has 118 valence electrons. The fourth-order valence-corrected chi connectivity index (χ4v) is 4.64. The van der Waals surface area contributed by atoms with Crippen molar-refractivity contribution in [2.24, 2.45) is 5.41 Å². The molecule has 1 fully saturated rings. The van der Waals surface area contributed by atoms with Gasteiger partial charge in [-0.15, -0.1) is 0 Å². The van der Waals surface area contributed by atoms with Gasteiger partial charge in [0.2, 0.25) is 0 Å². The second-order valence-electron chi connectivity index (χ2n) is 5.05. The van der Waals surface area contributed by atoms with Crippen LogP contribution in [0.1, 0.15) is 5.56 Å². The highest BCUT2D eigenvalue weighted by atomic mass is 79.9. The van der Waals surface area contributed by atoms with Crippen LogP contribution >= 0.6 is 15.9 Å². The van der Waals surface area contributed by atoms with Crippen LogP contribution in [0.2, 0.25) is 0 Å². The Morgan fingerprint density at radius 2 is 1.95 bits per heavy atom. The number of sulfone groups is 1. The lowest BCUT2D eigenvalue weighted by Crippen LogP contribution is -2.50. The van der Waals surface area contributed by atoms with E-state index >= 15 is 0 Å². The van der Waals surface area contributed by atoms with Gasteiger partial charge in [0.25, 0.3) is 0 Å². The standard InChI is InChI=1S/C12H12BrF3O4S/c13-8-1-2-9(12(14,15)16)10(3-8)21(18,19)7-11(4-17)5-20-6-11/h1-3,17H,4-7H2. The molecule has 1 aliphatic rings. The Bertz CT molecular complexity index is 633. The molecule has 0 unspecified atom stereocenters. The van der Waals surface area contributed by atoms with Crippen molar-refractivity contribution in [1.29, 1.82) is 0 Å². The van der Waals surface area contributed by atoms with Gasteiger partial charge in [-0.2, -0.15) is 13.2 Å². The highest BCUT2D eigenvalue weighted by molar-refractivity contribution is 9.10. The Morgan fingerprint density at radius 3 is 2.38 bits per heavy atom. The minimum atomic E-state index is -4.77. The minimum absolute atomic E-state index is 0.0120. The van der Waals surface area contributed by atoms with E-state index in [4.69, 9.17) is 4.74 Å². The number of alkyl halides is 3. The summed E-state index contributed by atoms with van der Waals surface area (Å²) in [5, 5.41) is 9.25. The van der Waals surface area contributed by atoms with Crippen LogP contribution in [-0.4, -0.2) is 39.1 Å². The minimum Gasteiger partial charge on any atom is -0.396 e. The molecule has 0 saturated carbocycles. The van der Waals surface area contributed by atoms with Crippen molar-refractivity contribution in [1.82, 2.24) is 0 Å². The molecule has 1 saturated heterocycles. The molecule has 0 spiro atoms. The summed E-state index contributed by atoms with van der Waals surface area (Å²) < 4.78 is 68.7. The molecule has 0 aliphatic carbocycles. The van der Waals surface area contributed by atoms with E-state index in [9.17, 15) is 26.7 Å². The Kier molecular flexibility index (Phi) is 4.40. The Hall–Kier alpha value is -0.640. The lowest BCUT2D eigenvalue weighted by Gasteiger charge is -2.39. The number of aliphatic hydroxyl groups excluding tert-OH is 1. The van der Waals surface area contributed by atoms with Gasteiger partial charge >= 0.3 is 6.18 Å². The van der Waals surface area contributed by atoms with E-state index in [-0.39, 0.29) is 17.7 Å².